The molecule has 0 saturated carbocycles. The Labute approximate surface area is 85.9 Å². The highest BCUT2D eigenvalue weighted by Crippen LogP contribution is 2.26. The Kier molecular flexibility index (Phi) is 3.12. The van der Waals surface area contributed by atoms with Gasteiger partial charge in [0.25, 0.3) is 6.43 Å². The molecule has 70 valence electrons. The van der Waals surface area contributed by atoms with Crippen LogP contribution in [0.1, 0.15) is 22.5 Å². The smallest absolute Gasteiger partial charge is 0.355 e. The lowest BCUT2D eigenvalue weighted by atomic mass is 10.2. The predicted molar refractivity (Wildman–Crippen MR) is 48.9 cm³/mol. The van der Waals surface area contributed by atoms with E-state index in [4.69, 9.17) is 5.11 Å². The average Bonchev–Trinajstić information content (AvgIpc) is 2.02. The number of carboxylic acid groups (broad SMARTS) is 1. The first-order valence-corrected chi connectivity index (χ1v) is 4.27. The average molecular weight is 299 g/mol. The molecule has 0 aliphatic carbocycles. The fourth-order valence-corrected chi connectivity index (χ4v) is 1.48. The van der Waals surface area contributed by atoms with E-state index in [1.807, 2.05) is 0 Å². The molecular formula is C7H4F2INO2. The van der Waals surface area contributed by atoms with Crippen molar-refractivity contribution < 1.29 is 18.7 Å². The molecule has 1 aromatic rings. The summed E-state index contributed by atoms with van der Waals surface area (Å²) in [5.41, 5.74) is -1.10. The standard InChI is InChI=1S/C7H4F2INO2/c8-6(9)4-3(10)1-2-11-5(4)7(12)13/h1-2,6H,(H,12,13). The summed E-state index contributed by atoms with van der Waals surface area (Å²) in [5, 5.41) is 8.54. The van der Waals surface area contributed by atoms with Crippen LogP contribution in [0.15, 0.2) is 12.3 Å². The highest BCUT2D eigenvalue weighted by molar-refractivity contribution is 14.1. The van der Waals surface area contributed by atoms with Crippen LogP contribution in [0.5, 0.6) is 0 Å². The molecule has 0 aromatic carbocycles. The van der Waals surface area contributed by atoms with Crippen LogP contribution >= 0.6 is 22.6 Å². The van der Waals surface area contributed by atoms with Crippen LogP contribution in [-0.2, 0) is 0 Å². The van der Waals surface area contributed by atoms with Crippen molar-refractivity contribution in [3.63, 3.8) is 0 Å². The van der Waals surface area contributed by atoms with Crippen LogP contribution in [-0.4, -0.2) is 16.1 Å². The SMILES string of the molecule is O=C(O)c1nccc(I)c1C(F)F. The van der Waals surface area contributed by atoms with Crippen LogP contribution in [0, 0.1) is 3.57 Å². The normalized spacial score (nSPS) is 10.5. The zero-order valence-corrected chi connectivity index (χ0v) is 8.33. The lowest BCUT2D eigenvalue weighted by molar-refractivity contribution is 0.0676. The number of pyridine rings is 1. The quantitative estimate of drug-likeness (QED) is 0.853. The number of hydrogen-bond acceptors (Lipinski definition) is 2. The van der Waals surface area contributed by atoms with Gasteiger partial charge in [0, 0.05) is 9.77 Å². The molecular weight excluding hydrogens is 295 g/mol. The predicted octanol–water partition coefficient (Wildman–Crippen LogP) is 2.32. The minimum absolute atomic E-state index is 0.208. The summed E-state index contributed by atoms with van der Waals surface area (Å²) >= 11 is 1.65. The van der Waals surface area contributed by atoms with Gasteiger partial charge in [0.2, 0.25) is 0 Å². The number of aromatic nitrogens is 1. The molecule has 0 saturated heterocycles. The maximum Gasteiger partial charge on any atom is 0.355 e. The molecule has 6 heteroatoms. The number of hydrogen-bond donors (Lipinski definition) is 1. The highest BCUT2D eigenvalue weighted by Gasteiger charge is 2.21. The number of carboxylic acids is 1. The van der Waals surface area contributed by atoms with E-state index in [1.54, 1.807) is 22.6 Å². The van der Waals surface area contributed by atoms with Crippen LogP contribution in [0.25, 0.3) is 0 Å². The molecule has 0 unspecified atom stereocenters. The molecule has 1 heterocycles. The van der Waals surface area contributed by atoms with Gasteiger partial charge in [0.1, 0.15) is 0 Å². The van der Waals surface area contributed by atoms with Crippen molar-refractivity contribution in [1.82, 2.24) is 4.98 Å². The summed E-state index contributed by atoms with van der Waals surface area (Å²) in [4.78, 5) is 13.9. The molecule has 0 atom stereocenters. The minimum atomic E-state index is -2.81. The fourth-order valence-electron chi connectivity index (χ4n) is 0.828. The number of alkyl halides is 2. The van der Waals surface area contributed by atoms with Gasteiger partial charge >= 0.3 is 5.97 Å². The number of carbonyl (C=O) groups is 1. The highest BCUT2D eigenvalue weighted by atomic mass is 127. The van der Waals surface area contributed by atoms with Crippen LogP contribution in [0.3, 0.4) is 0 Å². The molecule has 13 heavy (non-hydrogen) atoms. The van der Waals surface area contributed by atoms with Gasteiger partial charge in [-0.2, -0.15) is 0 Å². The van der Waals surface area contributed by atoms with Crippen molar-refractivity contribution in [2.75, 3.05) is 0 Å². The van der Waals surface area contributed by atoms with Crippen molar-refractivity contribution in [2.24, 2.45) is 0 Å². The van der Waals surface area contributed by atoms with Crippen molar-refractivity contribution in [2.45, 2.75) is 6.43 Å². The van der Waals surface area contributed by atoms with E-state index < -0.39 is 23.7 Å². The summed E-state index contributed by atoms with van der Waals surface area (Å²) in [6.45, 7) is 0. The maximum atomic E-state index is 12.3. The molecule has 0 bridgehead atoms. The summed E-state index contributed by atoms with van der Waals surface area (Å²) < 4.78 is 24.9. The first-order valence-electron chi connectivity index (χ1n) is 3.20. The monoisotopic (exact) mass is 299 g/mol. The van der Waals surface area contributed by atoms with Crippen molar-refractivity contribution in [3.05, 3.63) is 27.1 Å². The van der Waals surface area contributed by atoms with Gasteiger partial charge < -0.3 is 5.11 Å². The fraction of sp³-hybridized carbons (Fsp3) is 0.143. The number of halogens is 3. The summed E-state index contributed by atoms with van der Waals surface area (Å²) in [6.07, 6.45) is -1.62. The van der Waals surface area contributed by atoms with E-state index in [9.17, 15) is 13.6 Å². The van der Waals surface area contributed by atoms with Crippen molar-refractivity contribution >= 4 is 28.6 Å². The Morgan fingerprint density at radius 1 is 1.62 bits per heavy atom. The molecule has 0 aliphatic heterocycles. The Balaban J connectivity index is 3.34. The van der Waals surface area contributed by atoms with E-state index >= 15 is 0 Å². The summed E-state index contributed by atoms with van der Waals surface area (Å²) in [5.74, 6) is -1.44. The second kappa shape index (κ2) is 3.95. The Morgan fingerprint density at radius 3 is 2.62 bits per heavy atom. The van der Waals surface area contributed by atoms with E-state index in [1.165, 1.54) is 12.3 Å². The number of aromatic carboxylic acids is 1. The van der Waals surface area contributed by atoms with Crippen molar-refractivity contribution in [1.29, 1.82) is 0 Å². The molecule has 0 spiro atoms. The molecule has 0 aliphatic rings. The molecule has 1 aromatic heterocycles. The Morgan fingerprint density at radius 2 is 2.23 bits per heavy atom. The zero-order chi connectivity index (χ0) is 10.0. The van der Waals surface area contributed by atoms with Gasteiger partial charge in [-0.05, 0) is 28.7 Å². The lowest BCUT2D eigenvalue weighted by Crippen LogP contribution is -2.07. The van der Waals surface area contributed by atoms with E-state index in [0.717, 1.165) is 0 Å². The first kappa shape index (κ1) is 10.3. The van der Waals surface area contributed by atoms with Crippen LogP contribution < -0.4 is 0 Å². The molecule has 0 amide bonds. The van der Waals surface area contributed by atoms with Gasteiger partial charge in [-0.3, -0.25) is 0 Å². The van der Waals surface area contributed by atoms with E-state index in [-0.39, 0.29) is 3.57 Å². The second-order valence-corrected chi connectivity index (χ2v) is 3.32. The Bertz CT molecular complexity index is 343. The zero-order valence-electron chi connectivity index (χ0n) is 6.17. The largest absolute Gasteiger partial charge is 0.476 e. The molecule has 3 nitrogen and oxygen atoms in total. The lowest BCUT2D eigenvalue weighted by Gasteiger charge is -2.05. The van der Waals surface area contributed by atoms with Crippen molar-refractivity contribution in [3.8, 4) is 0 Å². The minimum Gasteiger partial charge on any atom is -0.476 e. The topological polar surface area (TPSA) is 50.2 Å². The maximum absolute atomic E-state index is 12.3. The summed E-state index contributed by atoms with van der Waals surface area (Å²) in [6, 6.07) is 1.34. The Hall–Kier alpha value is -0.790. The molecule has 0 fully saturated rings. The van der Waals surface area contributed by atoms with Gasteiger partial charge in [0.05, 0.1) is 5.56 Å². The molecule has 1 N–H and O–H groups in total. The van der Waals surface area contributed by atoms with Gasteiger partial charge in [-0.15, -0.1) is 0 Å². The van der Waals surface area contributed by atoms with Crippen LogP contribution in [0.2, 0.25) is 0 Å². The molecule has 0 radical (unpaired) electrons. The third-order valence-electron chi connectivity index (χ3n) is 1.36. The van der Waals surface area contributed by atoms with Gasteiger partial charge in [-0.1, -0.05) is 0 Å². The van der Waals surface area contributed by atoms with Crippen LogP contribution in [0.4, 0.5) is 8.78 Å². The second-order valence-electron chi connectivity index (χ2n) is 2.16. The number of rotatable bonds is 2. The van der Waals surface area contributed by atoms with Gasteiger partial charge in [0.15, 0.2) is 5.69 Å². The third-order valence-corrected chi connectivity index (χ3v) is 2.30. The van der Waals surface area contributed by atoms with Gasteiger partial charge in [-0.25, -0.2) is 18.6 Å². The summed E-state index contributed by atoms with van der Waals surface area (Å²) in [7, 11) is 0. The van der Waals surface area contributed by atoms with E-state index in [0.29, 0.717) is 0 Å². The third kappa shape index (κ3) is 2.11. The molecule has 1 rings (SSSR count). The first-order chi connectivity index (χ1) is 6.04. The van der Waals surface area contributed by atoms with E-state index in [2.05, 4.69) is 4.98 Å². The number of nitrogens with zero attached hydrogens (tertiary/aromatic N) is 1.